The molecule has 0 unspecified atom stereocenters. The zero-order chi connectivity index (χ0) is 20.3. The third-order valence-corrected chi connectivity index (χ3v) is 5.59. The first-order valence-electron chi connectivity index (χ1n) is 8.29. The summed E-state index contributed by atoms with van der Waals surface area (Å²) in [6.07, 6.45) is 1.08. The monoisotopic (exact) mass is 419 g/mol. The van der Waals surface area contributed by atoms with E-state index in [0.717, 1.165) is 17.4 Å². The number of nitrogens with zero attached hydrogens (tertiary/aromatic N) is 1. The molecule has 2 N–H and O–H groups in total. The van der Waals surface area contributed by atoms with Crippen LogP contribution in [0.15, 0.2) is 48.5 Å². The topological polar surface area (TPSA) is 88.2 Å². The van der Waals surface area contributed by atoms with Gasteiger partial charge in [-0.25, -0.2) is 17.8 Å². The normalized spacial score (nSPS) is 11.2. The van der Waals surface area contributed by atoms with Crippen LogP contribution in [0.2, 0.25) is 0 Å². The van der Waals surface area contributed by atoms with Crippen molar-refractivity contribution >= 4 is 33.0 Å². The first-order chi connectivity index (χ1) is 13.2. The molecule has 3 aromatic rings. The molecule has 0 aliphatic heterocycles. The van der Waals surface area contributed by atoms with E-state index in [-0.39, 0.29) is 18.3 Å². The van der Waals surface area contributed by atoms with Gasteiger partial charge in [0.15, 0.2) is 0 Å². The first kappa shape index (κ1) is 20.0. The van der Waals surface area contributed by atoms with E-state index in [4.69, 9.17) is 0 Å². The Bertz CT molecular complexity index is 1110. The van der Waals surface area contributed by atoms with Crippen LogP contribution in [0.3, 0.4) is 0 Å². The van der Waals surface area contributed by atoms with Crippen LogP contribution in [0.4, 0.5) is 10.1 Å². The van der Waals surface area contributed by atoms with E-state index in [9.17, 15) is 17.6 Å². The SMILES string of the molecule is Cc1nc(-c2ccc(F)cc2)sc1C(=O)NCc1cccc(NS(C)(=O)=O)c1. The van der Waals surface area contributed by atoms with Crippen molar-refractivity contribution < 1.29 is 17.6 Å². The molecule has 0 saturated carbocycles. The average molecular weight is 420 g/mol. The van der Waals surface area contributed by atoms with Gasteiger partial charge in [0.25, 0.3) is 5.91 Å². The first-order valence-corrected chi connectivity index (χ1v) is 11.0. The lowest BCUT2D eigenvalue weighted by Gasteiger charge is -2.08. The van der Waals surface area contributed by atoms with Gasteiger partial charge in [0.1, 0.15) is 15.7 Å². The molecule has 6 nitrogen and oxygen atoms in total. The third-order valence-electron chi connectivity index (χ3n) is 3.78. The molecule has 0 spiro atoms. The molecule has 28 heavy (non-hydrogen) atoms. The summed E-state index contributed by atoms with van der Waals surface area (Å²) in [5.74, 6) is -0.604. The second-order valence-corrected chi connectivity index (χ2v) is 8.95. The molecule has 0 bridgehead atoms. The molecule has 9 heteroatoms. The highest BCUT2D eigenvalue weighted by Gasteiger charge is 2.16. The molecule has 1 aromatic heterocycles. The van der Waals surface area contributed by atoms with Crippen molar-refractivity contribution in [3.63, 3.8) is 0 Å². The van der Waals surface area contributed by atoms with E-state index < -0.39 is 10.0 Å². The minimum Gasteiger partial charge on any atom is -0.347 e. The second-order valence-electron chi connectivity index (χ2n) is 6.20. The lowest BCUT2D eigenvalue weighted by Crippen LogP contribution is -2.22. The smallest absolute Gasteiger partial charge is 0.263 e. The van der Waals surface area contributed by atoms with E-state index in [1.165, 1.54) is 23.5 Å². The molecule has 0 atom stereocenters. The fourth-order valence-electron chi connectivity index (χ4n) is 2.54. The lowest BCUT2D eigenvalue weighted by molar-refractivity contribution is 0.0954. The van der Waals surface area contributed by atoms with Gasteiger partial charge in [-0.1, -0.05) is 12.1 Å². The van der Waals surface area contributed by atoms with Crippen molar-refractivity contribution in [2.24, 2.45) is 0 Å². The Kier molecular flexibility index (Phi) is 5.76. The van der Waals surface area contributed by atoms with Gasteiger partial charge < -0.3 is 5.32 Å². The number of aryl methyl sites for hydroxylation is 1. The standard InChI is InChI=1S/C19H18FN3O3S2/c1-12-17(27-19(22-12)14-6-8-15(20)9-7-14)18(24)21-11-13-4-3-5-16(10-13)23-28(2,25)26/h3-10,23H,11H2,1-2H3,(H,21,24). The molecule has 146 valence electrons. The maximum atomic E-state index is 13.1. The van der Waals surface area contributed by atoms with E-state index in [1.807, 2.05) is 0 Å². The fourth-order valence-corrected chi connectivity index (χ4v) is 4.09. The van der Waals surface area contributed by atoms with Crippen molar-refractivity contribution in [1.29, 1.82) is 0 Å². The summed E-state index contributed by atoms with van der Waals surface area (Å²) in [6.45, 7) is 1.98. The Morgan fingerprint density at radius 3 is 2.57 bits per heavy atom. The number of anilines is 1. The fraction of sp³-hybridized carbons (Fsp3) is 0.158. The number of amides is 1. The summed E-state index contributed by atoms with van der Waals surface area (Å²) >= 11 is 1.24. The molecular formula is C19H18FN3O3S2. The predicted octanol–water partition coefficient (Wildman–Crippen LogP) is 3.56. The zero-order valence-corrected chi connectivity index (χ0v) is 16.8. The van der Waals surface area contributed by atoms with Crippen molar-refractivity contribution in [3.8, 4) is 10.6 Å². The van der Waals surface area contributed by atoms with Crippen LogP contribution in [0, 0.1) is 12.7 Å². The minimum atomic E-state index is -3.37. The summed E-state index contributed by atoms with van der Waals surface area (Å²) in [7, 11) is -3.37. The summed E-state index contributed by atoms with van der Waals surface area (Å²) in [5, 5.41) is 3.46. The molecule has 0 saturated heterocycles. The van der Waals surface area contributed by atoms with Gasteiger partial charge in [-0.15, -0.1) is 11.3 Å². The number of carbonyl (C=O) groups is 1. The van der Waals surface area contributed by atoms with Crippen LogP contribution in [-0.4, -0.2) is 25.6 Å². The molecule has 1 heterocycles. The lowest BCUT2D eigenvalue weighted by atomic mass is 10.2. The van der Waals surface area contributed by atoms with E-state index in [0.29, 0.717) is 21.3 Å². The number of carbonyl (C=O) groups excluding carboxylic acids is 1. The maximum Gasteiger partial charge on any atom is 0.263 e. The van der Waals surface area contributed by atoms with E-state index in [1.54, 1.807) is 43.3 Å². The number of benzene rings is 2. The molecule has 2 aromatic carbocycles. The van der Waals surface area contributed by atoms with Crippen molar-refractivity contribution in [1.82, 2.24) is 10.3 Å². The van der Waals surface area contributed by atoms with E-state index >= 15 is 0 Å². The number of thiazole rings is 1. The molecule has 0 radical (unpaired) electrons. The predicted molar refractivity (Wildman–Crippen MR) is 108 cm³/mol. The number of rotatable bonds is 6. The number of sulfonamides is 1. The maximum absolute atomic E-state index is 13.1. The molecule has 3 rings (SSSR count). The van der Waals surface area contributed by atoms with Gasteiger partial charge >= 0.3 is 0 Å². The van der Waals surface area contributed by atoms with Crippen molar-refractivity contribution in [3.05, 3.63) is 70.5 Å². The Balaban J connectivity index is 1.70. The highest BCUT2D eigenvalue weighted by atomic mass is 32.2. The van der Waals surface area contributed by atoms with Crippen LogP contribution in [0.25, 0.3) is 10.6 Å². The van der Waals surface area contributed by atoms with Crippen molar-refractivity contribution in [2.45, 2.75) is 13.5 Å². The number of nitrogens with one attached hydrogen (secondary N) is 2. The number of aromatic nitrogens is 1. The number of halogens is 1. The Hall–Kier alpha value is -2.78. The summed E-state index contributed by atoms with van der Waals surface area (Å²) in [5.41, 5.74) is 2.52. The Morgan fingerprint density at radius 2 is 1.89 bits per heavy atom. The second kappa shape index (κ2) is 8.07. The minimum absolute atomic E-state index is 0.237. The number of hydrogen-bond donors (Lipinski definition) is 2. The highest BCUT2D eigenvalue weighted by Crippen LogP contribution is 2.28. The highest BCUT2D eigenvalue weighted by molar-refractivity contribution is 7.92. The Morgan fingerprint density at radius 1 is 1.18 bits per heavy atom. The Labute approximate surface area is 166 Å². The summed E-state index contributed by atoms with van der Waals surface area (Å²) in [4.78, 5) is 17.4. The van der Waals surface area contributed by atoms with Gasteiger partial charge in [-0.05, 0) is 48.9 Å². The molecule has 1 amide bonds. The summed E-state index contributed by atoms with van der Waals surface area (Å²) in [6, 6.07) is 12.7. The molecule has 0 aliphatic carbocycles. The van der Waals surface area contributed by atoms with Crippen LogP contribution in [0.1, 0.15) is 20.9 Å². The van der Waals surface area contributed by atoms with Gasteiger partial charge in [0.05, 0.1) is 11.9 Å². The molecular weight excluding hydrogens is 401 g/mol. The van der Waals surface area contributed by atoms with Crippen LogP contribution in [0.5, 0.6) is 0 Å². The average Bonchev–Trinajstić information content (AvgIpc) is 3.01. The number of hydrogen-bond acceptors (Lipinski definition) is 5. The van der Waals surface area contributed by atoms with Gasteiger partial charge in [-0.3, -0.25) is 9.52 Å². The van der Waals surface area contributed by atoms with Crippen molar-refractivity contribution in [2.75, 3.05) is 11.0 Å². The molecule has 0 fully saturated rings. The largest absolute Gasteiger partial charge is 0.347 e. The summed E-state index contributed by atoms with van der Waals surface area (Å²) < 4.78 is 38.1. The molecule has 0 aliphatic rings. The van der Waals surface area contributed by atoms with Crippen LogP contribution < -0.4 is 10.0 Å². The van der Waals surface area contributed by atoms with Gasteiger partial charge in [-0.2, -0.15) is 0 Å². The van der Waals surface area contributed by atoms with Crippen LogP contribution in [-0.2, 0) is 16.6 Å². The van der Waals surface area contributed by atoms with Gasteiger partial charge in [0, 0.05) is 17.8 Å². The quantitative estimate of drug-likeness (QED) is 0.639. The van der Waals surface area contributed by atoms with E-state index in [2.05, 4.69) is 15.0 Å². The van der Waals surface area contributed by atoms with Crippen LogP contribution >= 0.6 is 11.3 Å². The zero-order valence-electron chi connectivity index (χ0n) is 15.2. The third kappa shape index (κ3) is 5.14. The van der Waals surface area contributed by atoms with Gasteiger partial charge in [0.2, 0.25) is 10.0 Å².